The van der Waals surface area contributed by atoms with Gasteiger partial charge in [-0.15, -0.1) is 0 Å². The Kier molecular flexibility index (Phi) is 4.46. The molecule has 94 valence electrons. The van der Waals surface area contributed by atoms with Gasteiger partial charge in [0.15, 0.2) is 0 Å². The molecule has 0 atom stereocenters. The fraction of sp³-hybridized carbons (Fsp3) is 0.571. The van der Waals surface area contributed by atoms with Gasteiger partial charge in [0.25, 0.3) is 0 Å². The van der Waals surface area contributed by atoms with E-state index in [9.17, 15) is 0 Å². The molecular weight excluding hydrogens is 278 g/mol. The minimum Gasteiger partial charge on any atom is -0.495 e. The number of nitrogens with two attached hydrogens (primary N) is 1. The Labute approximate surface area is 112 Å². The Morgan fingerprint density at radius 2 is 2.18 bits per heavy atom. The van der Waals surface area contributed by atoms with E-state index in [1.165, 1.54) is 40.4 Å². The normalized spacial score (nSPS) is 13.8. The Bertz CT molecular complexity index is 404. The number of hydrogen-bond donors (Lipinski definition) is 1. The van der Waals surface area contributed by atoms with Crippen molar-refractivity contribution in [3.05, 3.63) is 27.2 Å². The van der Waals surface area contributed by atoms with Gasteiger partial charge in [0.2, 0.25) is 0 Å². The van der Waals surface area contributed by atoms with Gasteiger partial charge in [0.1, 0.15) is 5.75 Å². The molecule has 0 heterocycles. The number of hydrogen-bond acceptors (Lipinski definition) is 2. The molecule has 1 aliphatic carbocycles. The summed E-state index contributed by atoms with van der Waals surface area (Å²) in [7, 11) is 1.76. The minimum absolute atomic E-state index is 0.772. The number of benzene rings is 1. The zero-order valence-electron chi connectivity index (χ0n) is 10.4. The summed E-state index contributed by atoms with van der Waals surface area (Å²) in [5.41, 5.74) is 9.82. The first kappa shape index (κ1) is 12.9. The summed E-state index contributed by atoms with van der Waals surface area (Å²) in [6.45, 7) is 0.772. The summed E-state index contributed by atoms with van der Waals surface area (Å²) in [5, 5.41) is 0. The van der Waals surface area contributed by atoms with E-state index in [-0.39, 0.29) is 0 Å². The highest BCUT2D eigenvalue weighted by Gasteiger charge is 2.20. The Morgan fingerprint density at radius 1 is 1.35 bits per heavy atom. The fourth-order valence-electron chi connectivity index (χ4n) is 2.60. The van der Waals surface area contributed by atoms with Gasteiger partial charge in [-0.3, -0.25) is 0 Å². The maximum Gasteiger partial charge on any atom is 0.136 e. The quantitative estimate of drug-likeness (QED) is 0.847. The average molecular weight is 298 g/mol. The molecule has 17 heavy (non-hydrogen) atoms. The van der Waals surface area contributed by atoms with Gasteiger partial charge in [-0.05, 0) is 77.7 Å². The van der Waals surface area contributed by atoms with Gasteiger partial charge in [0.05, 0.1) is 11.6 Å². The van der Waals surface area contributed by atoms with Gasteiger partial charge < -0.3 is 10.5 Å². The largest absolute Gasteiger partial charge is 0.495 e. The van der Waals surface area contributed by atoms with Crippen LogP contribution in [0.15, 0.2) is 10.5 Å². The minimum atomic E-state index is 0.772. The van der Waals surface area contributed by atoms with Gasteiger partial charge in [0, 0.05) is 0 Å². The Hall–Kier alpha value is -0.540. The van der Waals surface area contributed by atoms with Gasteiger partial charge in [-0.2, -0.15) is 0 Å². The lowest BCUT2D eigenvalue weighted by atomic mass is 10.0. The maximum absolute atomic E-state index is 5.55. The Balaban J connectivity index is 2.27. The molecule has 0 saturated heterocycles. The summed E-state index contributed by atoms with van der Waals surface area (Å²) in [5.74, 6) is 1.03. The summed E-state index contributed by atoms with van der Waals surface area (Å²) in [4.78, 5) is 0. The maximum atomic E-state index is 5.55. The SMILES string of the molecule is COc1c(CCCCN)cc2c(c1Br)CCC2. The third kappa shape index (κ3) is 2.66. The molecule has 0 fully saturated rings. The zero-order valence-corrected chi connectivity index (χ0v) is 12.0. The molecule has 0 unspecified atom stereocenters. The molecule has 0 spiro atoms. The van der Waals surface area contributed by atoms with Crippen LogP contribution in [0.3, 0.4) is 0 Å². The summed E-state index contributed by atoms with van der Waals surface area (Å²) >= 11 is 3.70. The first-order valence-electron chi connectivity index (χ1n) is 6.35. The molecule has 2 N–H and O–H groups in total. The van der Waals surface area contributed by atoms with Crippen molar-refractivity contribution in [3.8, 4) is 5.75 Å². The molecule has 3 heteroatoms. The lowest BCUT2D eigenvalue weighted by Gasteiger charge is -2.14. The smallest absolute Gasteiger partial charge is 0.136 e. The molecule has 0 saturated carbocycles. The van der Waals surface area contributed by atoms with E-state index in [1.54, 1.807) is 7.11 Å². The highest BCUT2D eigenvalue weighted by atomic mass is 79.9. The van der Waals surface area contributed by atoms with Crippen LogP contribution in [-0.4, -0.2) is 13.7 Å². The van der Waals surface area contributed by atoms with Gasteiger partial charge in [-0.1, -0.05) is 6.07 Å². The van der Waals surface area contributed by atoms with Crippen molar-refractivity contribution in [2.75, 3.05) is 13.7 Å². The number of unbranched alkanes of at least 4 members (excludes halogenated alkanes) is 1. The first-order valence-corrected chi connectivity index (χ1v) is 7.14. The number of aryl methyl sites for hydroxylation is 2. The second-order valence-electron chi connectivity index (χ2n) is 4.62. The predicted molar refractivity (Wildman–Crippen MR) is 74.7 cm³/mol. The van der Waals surface area contributed by atoms with Gasteiger partial charge in [-0.25, -0.2) is 0 Å². The topological polar surface area (TPSA) is 35.2 Å². The van der Waals surface area contributed by atoms with Crippen molar-refractivity contribution in [1.29, 1.82) is 0 Å². The summed E-state index contributed by atoms with van der Waals surface area (Å²) < 4.78 is 6.73. The third-order valence-electron chi connectivity index (χ3n) is 3.47. The third-order valence-corrected chi connectivity index (χ3v) is 4.31. The van der Waals surface area contributed by atoms with E-state index in [1.807, 2.05) is 0 Å². The molecule has 0 bridgehead atoms. The lowest BCUT2D eigenvalue weighted by molar-refractivity contribution is 0.405. The lowest BCUT2D eigenvalue weighted by Crippen LogP contribution is -2.01. The first-order chi connectivity index (χ1) is 8.27. The summed E-state index contributed by atoms with van der Waals surface area (Å²) in [6.07, 6.45) is 6.93. The predicted octanol–water partition coefficient (Wildman–Crippen LogP) is 3.23. The molecule has 0 amide bonds. The van der Waals surface area contributed by atoms with E-state index in [2.05, 4.69) is 22.0 Å². The number of fused-ring (bicyclic) bond motifs is 1. The standard InChI is InChI=1S/C14H20BrNO/c1-17-14-11(5-2-3-8-16)9-10-6-4-7-12(10)13(14)15/h9H,2-8,16H2,1H3. The molecule has 1 aromatic rings. The molecular formula is C14H20BrNO. The van der Waals surface area contributed by atoms with Gasteiger partial charge >= 0.3 is 0 Å². The summed E-state index contributed by atoms with van der Waals surface area (Å²) in [6, 6.07) is 2.34. The zero-order chi connectivity index (χ0) is 12.3. The molecule has 0 radical (unpaired) electrons. The van der Waals surface area contributed by atoms with Crippen LogP contribution in [0.4, 0.5) is 0 Å². The number of methoxy groups -OCH3 is 1. The average Bonchev–Trinajstić information content (AvgIpc) is 2.78. The van der Waals surface area contributed by atoms with Crippen LogP contribution in [0, 0.1) is 0 Å². The highest BCUT2D eigenvalue weighted by Crippen LogP contribution is 2.39. The van der Waals surface area contributed by atoms with Crippen LogP contribution < -0.4 is 10.5 Å². The van der Waals surface area contributed by atoms with E-state index >= 15 is 0 Å². The van der Waals surface area contributed by atoms with Crippen molar-refractivity contribution in [1.82, 2.24) is 0 Å². The molecule has 1 aliphatic rings. The van der Waals surface area contributed by atoms with Crippen LogP contribution in [0.5, 0.6) is 5.75 Å². The highest BCUT2D eigenvalue weighted by molar-refractivity contribution is 9.10. The second kappa shape index (κ2) is 5.87. The fourth-order valence-corrected chi connectivity index (χ4v) is 3.47. The van der Waals surface area contributed by atoms with E-state index in [0.717, 1.165) is 31.6 Å². The van der Waals surface area contributed by atoms with Crippen LogP contribution in [0.25, 0.3) is 0 Å². The van der Waals surface area contributed by atoms with Crippen LogP contribution in [-0.2, 0) is 19.3 Å². The van der Waals surface area contributed by atoms with E-state index in [4.69, 9.17) is 10.5 Å². The van der Waals surface area contributed by atoms with Crippen LogP contribution >= 0.6 is 15.9 Å². The molecule has 1 aromatic carbocycles. The Morgan fingerprint density at radius 3 is 2.88 bits per heavy atom. The molecule has 0 aromatic heterocycles. The molecule has 2 nitrogen and oxygen atoms in total. The van der Waals surface area contributed by atoms with Crippen LogP contribution in [0.1, 0.15) is 36.0 Å². The molecule has 0 aliphatic heterocycles. The number of ether oxygens (including phenoxy) is 1. The van der Waals surface area contributed by atoms with Crippen molar-refractivity contribution in [2.24, 2.45) is 5.73 Å². The molecule has 2 rings (SSSR count). The second-order valence-corrected chi connectivity index (χ2v) is 5.41. The number of halogens is 1. The number of rotatable bonds is 5. The van der Waals surface area contributed by atoms with E-state index in [0.29, 0.717) is 0 Å². The van der Waals surface area contributed by atoms with Crippen molar-refractivity contribution >= 4 is 15.9 Å². The monoisotopic (exact) mass is 297 g/mol. The van der Waals surface area contributed by atoms with Crippen molar-refractivity contribution in [3.63, 3.8) is 0 Å². The van der Waals surface area contributed by atoms with Crippen molar-refractivity contribution in [2.45, 2.75) is 38.5 Å². The van der Waals surface area contributed by atoms with E-state index < -0.39 is 0 Å². The van der Waals surface area contributed by atoms with Crippen LogP contribution in [0.2, 0.25) is 0 Å². The van der Waals surface area contributed by atoms with Crippen molar-refractivity contribution < 1.29 is 4.74 Å².